The molecule has 0 aliphatic heterocycles. The van der Waals surface area contributed by atoms with Crippen molar-refractivity contribution >= 4 is 17.9 Å². The van der Waals surface area contributed by atoms with Crippen LogP contribution in [0.5, 0.6) is 0 Å². The zero-order valence-electron chi connectivity index (χ0n) is 49.6. The van der Waals surface area contributed by atoms with Crippen LogP contribution < -0.4 is 0 Å². The first kappa shape index (κ1) is 71.6. The van der Waals surface area contributed by atoms with Crippen molar-refractivity contribution in [3.8, 4) is 0 Å². The summed E-state index contributed by atoms with van der Waals surface area (Å²) in [5.74, 6) is -0.911. The fourth-order valence-electron chi connectivity index (χ4n) is 9.09. The topological polar surface area (TPSA) is 78.9 Å². The summed E-state index contributed by atoms with van der Waals surface area (Å²) in [6.45, 7) is 6.52. The largest absolute Gasteiger partial charge is 0.462 e. The van der Waals surface area contributed by atoms with Crippen LogP contribution in [0.2, 0.25) is 0 Å². The van der Waals surface area contributed by atoms with Crippen molar-refractivity contribution in [2.24, 2.45) is 0 Å². The lowest BCUT2D eigenvalue weighted by atomic mass is 10.0. The molecular weight excluding hydrogens is 925 g/mol. The molecule has 6 nitrogen and oxygen atoms in total. The van der Waals surface area contributed by atoms with Gasteiger partial charge < -0.3 is 14.2 Å². The van der Waals surface area contributed by atoms with Gasteiger partial charge in [-0.1, -0.05) is 286 Å². The second-order valence-electron chi connectivity index (χ2n) is 21.3. The molecule has 432 valence electrons. The summed E-state index contributed by atoms with van der Waals surface area (Å²) in [6, 6.07) is 0. The summed E-state index contributed by atoms with van der Waals surface area (Å²) in [6.07, 6.45) is 83.0. The summed E-state index contributed by atoms with van der Waals surface area (Å²) in [4.78, 5) is 38.3. The van der Waals surface area contributed by atoms with Crippen LogP contribution in [-0.4, -0.2) is 37.2 Å². The molecule has 75 heavy (non-hydrogen) atoms. The van der Waals surface area contributed by atoms with Crippen LogP contribution >= 0.6 is 0 Å². The quantitative estimate of drug-likeness (QED) is 0.0261. The molecule has 0 aromatic carbocycles. The number of ether oxygens (including phenoxy) is 3. The molecule has 0 fully saturated rings. The van der Waals surface area contributed by atoms with Crippen LogP contribution in [-0.2, 0) is 28.6 Å². The van der Waals surface area contributed by atoms with Crippen molar-refractivity contribution in [3.05, 3.63) is 85.1 Å². The minimum absolute atomic E-state index is 0.0888. The number of carbonyl (C=O) groups is 3. The SMILES string of the molecule is CC/C=C\C/C=C\C/C=C\C/C=C\C/C=C\CCCCCC(=O)OC(COC(=O)CCCCCCCCCCC/C=C\C/C=C\CCCCCCC)COC(=O)CCCCCCCCCCCCCCCCCCC. The van der Waals surface area contributed by atoms with Gasteiger partial charge in [0.15, 0.2) is 6.10 Å². The van der Waals surface area contributed by atoms with Crippen molar-refractivity contribution < 1.29 is 28.6 Å². The van der Waals surface area contributed by atoms with Crippen LogP contribution in [0, 0.1) is 0 Å². The molecule has 0 aromatic heterocycles. The number of hydrogen-bond acceptors (Lipinski definition) is 6. The van der Waals surface area contributed by atoms with E-state index in [1.54, 1.807) is 0 Å². The van der Waals surface area contributed by atoms with E-state index in [1.807, 2.05) is 0 Å². The smallest absolute Gasteiger partial charge is 0.306 e. The standard InChI is InChI=1S/C69H120O6/c1-4-7-10-13-16-19-22-25-28-31-33-34-36-38-41-44-47-50-53-56-59-62-68(71)74-65-66(64-73-67(70)61-58-55-52-49-46-43-40-37-30-27-24-21-18-15-12-9-6-3)75-69(72)63-60-57-54-51-48-45-42-39-35-32-29-26-23-20-17-14-11-8-5-2/h8,11,17,20,22,25-26,29,31,33,35,39,45,48,66H,4-7,9-10,12-16,18-19,21,23-24,27-28,30,32,34,36-38,40-44,46-47,49-65H2,1-3H3/b11-8-,20-17-,25-22-,29-26-,33-31-,39-35-,48-45-. The lowest BCUT2D eigenvalue weighted by Gasteiger charge is -2.18. The van der Waals surface area contributed by atoms with Crippen molar-refractivity contribution in [1.82, 2.24) is 0 Å². The minimum atomic E-state index is -0.796. The van der Waals surface area contributed by atoms with E-state index in [2.05, 4.69) is 106 Å². The summed E-state index contributed by atoms with van der Waals surface area (Å²) < 4.78 is 16.9. The fraction of sp³-hybridized carbons (Fsp3) is 0.754. The molecule has 0 aliphatic carbocycles. The predicted molar refractivity (Wildman–Crippen MR) is 325 cm³/mol. The highest BCUT2D eigenvalue weighted by atomic mass is 16.6. The van der Waals surface area contributed by atoms with E-state index in [-0.39, 0.29) is 37.5 Å². The fourth-order valence-corrected chi connectivity index (χ4v) is 9.09. The van der Waals surface area contributed by atoms with Crippen LogP contribution in [0.3, 0.4) is 0 Å². The molecule has 0 radical (unpaired) electrons. The Bertz CT molecular complexity index is 1430. The minimum Gasteiger partial charge on any atom is -0.462 e. The monoisotopic (exact) mass is 1040 g/mol. The normalized spacial score (nSPS) is 12.6. The van der Waals surface area contributed by atoms with Gasteiger partial charge in [0, 0.05) is 19.3 Å². The Morgan fingerprint density at radius 2 is 0.520 bits per heavy atom. The van der Waals surface area contributed by atoms with Gasteiger partial charge in [0.05, 0.1) is 0 Å². The zero-order chi connectivity index (χ0) is 54.3. The van der Waals surface area contributed by atoms with Crippen molar-refractivity contribution in [2.45, 2.75) is 322 Å². The molecule has 0 spiro atoms. The third-order valence-electron chi connectivity index (χ3n) is 13.9. The van der Waals surface area contributed by atoms with Gasteiger partial charge in [0.1, 0.15) is 13.2 Å². The lowest BCUT2D eigenvalue weighted by molar-refractivity contribution is -0.167. The summed E-state index contributed by atoms with van der Waals surface area (Å²) in [7, 11) is 0. The van der Waals surface area contributed by atoms with E-state index in [0.717, 1.165) is 103 Å². The molecule has 6 heteroatoms. The zero-order valence-corrected chi connectivity index (χ0v) is 49.6. The maximum atomic E-state index is 12.9. The molecule has 0 rings (SSSR count). The second kappa shape index (κ2) is 63.1. The van der Waals surface area contributed by atoms with Crippen molar-refractivity contribution in [1.29, 1.82) is 0 Å². The van der Waals surface area contributed by atoms with Gasteiger partial charge in [-0.05, 0) is 96.3 Å². The van der Waals surface area contributed by atoms with Gasteiger partial charge in [0.25, 0.3) is 0 Å². The van der Waals surface area contributed by atoms with Gasteiger partial charge in [-0.2, -0.15) is 0 Å². The average Bonchev–Trinajstić information content (AvgIpc) is 3.41. The number of esters is 3. The molecule has 0 aliphatic rings. The van der Waals surface area contributed by atoms with Gasteiger partial charge in [-0.25, -0.2) is 0 Å². The maximum absolute atomic E-state index is 12.9. The molecule has 0 saturated carbocycles. The van der Waals surface area contributed by atoms with Gasteiger partial charge >= 0.3 is 17.9 Å². The number of rotatable bonds is 58. The Kier molecular flexibility index (Phi) is 60.3. The Morgan fingerprint density at radius 1 is 0.280 bits per heavy atom. The highest BCUT2D eigenvalue weighted by molar-refractivity contribution is 5.71. The maximum Gasteiger partial charge on any atom is 0.306 e. The van der Waals surface area contributed by atoms with E-state index < -0.39 is 6.10 Å². The number of carbonyl (C=O) groups excluding carboxylic acids is 3. The van der Waals surface area contributed by atoms with Crippen LogP contribution in [0.1, 0.15) is 316 Å². The third-order valence-corrected chi connectivity index (χ3v) is 13.9. The summed E-state index contributed by atoms with van der Waals surface area (Å²) >= 11 is 0. The first-order valence-electron chi connectivity index (χ1n) is 32.1. The first-order chi connectivity index (χ1) is 37.0. The molecule has 0 N–H and O–H groups in total. The van der Waals surface area contributed by atoms with Crippen molar-refractivity contribution in [3.63, 3.8) is 0 Å². The van der Waals surface area contributed by atoms with E-state index in [1.165, 1.54) is 173 Å². The van der Waals surface area contributed by atoms with Crippen LogP contribution in [0.4, 0.5) is 0 Å². The van der Waals surface area contributed by atoms with E-state index >= 15 is 0 Å². The van der Waals surface area contributed by atoms with Gasteiger partial charge in [-0.3, -0.25) is 14.4 Å². The van der Waals surface area contributed by atoms with Gasteiger partial charge in [0.2, 0.25) is 0 Å². The molecular formula is C69H120O6. The second-order valence-corrected chi connectivity index (χ2v) is 21.3. The Hall–Kier alpha value is -3.41. The molecule has 1 unspecified atom stereocenters. The van der Waals surface area contributed by atoms with Crippen molar-refractivity contribution in [2.75, 3.05) is 13.2 Å². The number of allylic oxidation sites excluding steroid dienone is 14. The Balaban J connectivity index is 4.42. The highest BCUT2D eigenvalue weighted by Crippen LogP contribution is 2.16. The lowest BCUT2D eigenvalue weighted by Crippen LogP contribution is -2.30. The average molecular weight is 1050 g/mol. The van der Waals surface area contributed by atoms with Crippen LogP contribution in [0.15, 0.2) is 85.1 Å². The third kappa shape index (κ3) is 61.3. The summed E-state index contributed by atoms with van der Waals surface area (Å²) in [5.41, 5.74) is 0. The van der Waals surface area contributed by atoms with E-state index in [9.17, 15) is 14.4 Å². The van der Waals surface area contributed by atoms with E-state index in [4.69, 9.17) is 14.2 Å². The van der Waals surface area contributed by atoms with Crippen LogP contribution in [0.25, 0.3) is 0 Å². The molecule has 0 amide bonds. The molecule has 0 saturated heterocycles. The Labute approximate surface area is 465 Å². The van der Waals surface area contributed by atoms with E-state index in [0.29, 0.717) is 12.8 Å². The predicted octanol–water partition coefficient (Wildman–Crippen LogP) is 21.9. The Morgan fingerprint density at radius 3 is 0.827 bits per heavy atom. The summed E-state index contributed by atoms with van der Waals surface area (Å²) in [5, 5.41) is 0. The highest BCUT2D eigenvalue weighted by Gasteiger charge is 2.19. The number of unbranched alkanes of at least 4 members (excludes halogenated alkanes) is 33. The molecule has 0 heterocycles. The molecule has 0 aromatic rings. The molecule has 1 atom stereocenters. The first-order valence-corrected chi connectivity index (χ1v) is 32.1. The molecule has 0 bridgehead atoms. The number of hydrogen-bond donors (Lipinski definition) is 0. The van der Waals surface area contributed by atoms with Gasteiger partial charge in [-0.15, -0.1) is 0 Å².